The molecule has 0 saturated heterocycles. The van der Waals surface area contributed by atoms with E-state index in [1.165, 1.54) is 0 Å². The van der Waals surface area contributed by atoms with Gasteiger partial charge in [-0.25, -0.2) is 4.98 Å². The highest BCUT2D eigenvalue weighted by atomic mass is 79.9. The maximum absolute atomic E-state index is 4.12. The standard InChI is InChI=1S/C5H4BrN5/c1-2-7-3-4(6)9-11-5(3)10-8-2/h1H3,(H,9,10,11). The van der Waals surface area contributed by atoms with Crippen molar-refractivity contribution >= 4 is 27.1 Å². The minimum atomic E-state index is 0.600. The van der Waals surface area contributed by atoms with Gasteiger partial charge < -0.3 is 0 Å². The summed E-state index contributed by atoms with van der Waals surface area (Å²) in [7, 11) is 0. The molecule has 0 bridgehead atoms. The van der Waals surface area contributed by atoms with E-state index in [1.807, 2.05) is 0 Å². The first-order valence-corrected chi connectivity index (χ1v) is 3.77. The Balaban J connectivity index is 2.87. The predicted octanol–water partition coefficient (Wildman–Crippen LogP) is 0.819. The lowest BCUT2D eigenvalue weighted by atomic mass is 10.6. The highest BCUT2D eigenvalue weighted by Gasteiger charge is 2.04. The van der Waals surface area contributed by atoms with Gasteiger partial charge in [0.15, 0.2) is 10.3 Å². The van der Waals surface area contributed by atoms with E-state index in [0.717, 1.165) is 5.52 Å². The second-order valence-electron chi connectivity index (χ2n) is 2.07. The summed E-state index contributed by atoms with van der Waals surface area (Å²) in [5.41, 5.74) is 1.32. The van der Waals surface area contributed by atoms with Crippen LogP contribution in [0, 0.1) is 6.92 Å². The van der Waals surface area contributed by atoms with Crippen molar-refractivity contribution in [2.45, 2.75) is 6.92 Å². The fourth-order valence-corrected chi connectivity index (χ4v) is 1.15. The summed E-state index contributed by atoms with van der Waals surface area (Å²) < 4.78 is 0.672. The molecule has 5 nitrogen and oxygen atoms in total. The number of fused-ring (bicyclic) bond motifs is 1. The first-order valence-electron chi connectivity index (χ1n) is 2.98. The average Bonchev–Trinajstić information content (AvgIpc) is 2.33. The second kappa shape index (κ2) is 2.23. The minimum Gasteiger partial charge on any atom is -0.257 e. The monoisotopic (exact) mass is 213 g/mol. The molecule has 2 aromatic heterocycles. The number of hydrogen-bond acceptors (Lipinski definition) is 4. The Labute approximate surface area is 70.4 Å². The number of H-pyrrole nitrogens is 1. The van der Waals surface area contributed by atoms with Crippen molar-refractivity contribution < 1.29 is 0 Å². The molecule has 2 aromatic rings. The first-order chi connectivity index (χ1) is 5.27. The third-order valence-corrected chi connectivity index (χ3v) is 1.80. The number of hydrogen-bond donors (Lipinski definition) is 1. The van der Waals surface area contributed by atoms with E-state index in [0.29, 0.717) is 16.1 Å². The van der Waals surface area contributed by atoms with E-state index in [1.54, 1.807) is 6.92 Å². The third-order valence-electron chi connectivity index (χ3n) is 1.25. The molecule has 0 unspecified atom stereocenters. The first kappa shape index (κ1) is 6.66. The van der Waals surface area contributed by atoms with Crippen LogP contribution in [0.4, 0.5) is 0 Å². The quantitative estimate of drug-likeness (QED) is 0.704. The summed E-state index contributed by atoms with van der Waals surface area (Å²) in [4.78, 5) is 4.12. The van der Waals surface area contributed by atoms with Gasteiger partial charge in [-0.1, -0.05) is 0 Å². The molecule has 0 spiro atoms. The second-order valence-corrected chi connectivity index (χ2v) is 2.82. The largest absolute Gasteiger partial charge is 0.257 e. The number of rotatable bonds is 0. The topological polar surface area (TPSA) is 67.3 Å². The Kier molecular flexibility index (Phi) is 1.35. The van der Waals surface area contributed by atoms with E-state index in [9.17, 15) is 0 Å². The molecule has 2 heterocycles. The summed E-state index contributed by atoms with van der Waals surface area (Å²) in [5.74, 6) is 0.639. The van der Waals surface area contributed by atoms with Gasteiger partial charge in [-0.3, -0.25) is 5.10 Å². The molecule has 0 atom stereocenters. The molecule has 1 N–H and O–H groups in total. The fraction of sp³-hybridized carbons (Fsp3) is 0.200. The number of nitrogens with one attached hydrogen (secondary N) is 1. The van der Waals surface area contributed by atoms with Gasteiger partial charge in [0, 0.05) is 0 Å². The lowest BCUT2D eigenvalue weighted by Gasteiger charge is -1.87. The Bertz CT molecular complexity index is 395. The third kappa shape index (κ3) is 0.988. The van der Waals surface area contributed by atoms with Gasteiger partial charge in [0.25, 0.3) is 0 Å². The van der Waals surface area contributed by atoms with Gasteiger partial charge in [0.2, 0.25) is 0 Å². The van der Waals surface area contributed by atoms with E-state index < -0.39 is 0 Å². The molecule has 2 rings (SSSR count). The molecular formula is C5H4BrN5. The maximum Gasteiger partial charge on any atom is 0.197 e. The zero-order valence-electron chi connectivity index (χ0n) is 5.67. The Morgan fingerprint density at radius 1 is 1.36 bits per heavy atom. The molecule has 6 heteroatoms. The predicted molar refractivity (Wildman–Crippen MR) is 41.9 cm³/mol. The highest BCUT2D eigenvalue weighted by Crippen LogP contribution is 2.15. The van der Waals surface area contributed by atoms with E-state index in [-0.39, 0.29) is 0 Å². The molecule has 0 aliphatic heterocycles. The van der Waals surface area contributed by atoms with Crippen LogP contribution in [0.1, 0.15) is 5.82 Å². The summed E-state index contributed by atoms with van der Waals surface area (Å²) in [6.07, 6.45) is 0. The van der Waals surface area contributed by atoms with Crippen LogP contribution in [0.25, 0.3) is 11.2 Å². The van der Waals surface area contributed by atoms with Crippen molar-refractivity contribution in [3.63, 3.8) is 0 Å². The molecule has 0 amide bonds. The highest BCUT2D eigenvalue weighted by molar-refractivity contribution is 9.10. The molecule has 0 radical (unpaired) electrons. The smallest absolute Gasteiger partial charge is 0.197 e. The van der Waals surface area contributed by atoms with Crippen LogP contribution < -0.4 is 0 Å². The number of halogens is 1. The molecule has 0 fully saturated rings. The zero-order chi connectivity index (χ0) is 7.84. The Morgan fingerprint density at radius 2 is 2.18 bits per heavy atom. The van der Waals surface area contributed by atoms with Gasteiger partial charge >= 0.3 is 0 Å². The minimum absolute atomic E-state index is 0.600. The van der Waals surface area contributed by atoms with Gasteiger partial charge in [-0.05, 0) is 22.9 Å². The molecule has 56 valence electrons. The van der Waals surface area contributed by atoms with E-state index >= 15 is 0 Å². The summed E-state index contributed by atoms with van der Waals surface area (Å²) >= 11 is 3.23. The van der Waals surface area contributed by atoms with Gasteiger partial charge in [0.05, 0.1) is 0 Å². The van der Waals surface area contributed by atoms with E-state index in [2.05, 4.69) is 41.3 Å². The average molecular weight is 214 g/mol. The van der Waals surface area contributed by atoms with Gasteiger partial charge in [-0.2, -0.15) is 5.10 Å². The maximum atomic E-state index is 4.12. The van der Waals surface area contributed by atoms with Crippen LogP contribution in [-0.2, 0) is 0 Å². The Hall–Kier alpha value is -1.04. The molecule has 11 heavy (non-hydrogen) atoms. The summed E-state index contributed by atoms with van der Waals surface area (Å²) in [6.45, 7) is 1.78. The SMILES string of the molecule is Cc1nnc2[nH]nc(Br)c2n1. The van der Waals surface area contributed by atoms with Gasteiger partial charge in [-0.15, -0.1) is 10.2 Å². The number of aryl methyl sites for hydroxylation is 1. The molecule has 0 aliphatic carbocycles. The lowest BCUT2D eigenvalue weighted by molar-refractivity contribution is 0.938. The number of aromatic amines is 1. The molecule has 0 aliphatic rings. The van der Waals surface area contributed by atoms with E-state index in [4.69, 9.17) is 0 Å². The van der Waals surface area contributed by atoms with Crippen LogP contribution in [0.3, 0.4) is 0 Å². The zero-order valence-corrected chi connectivity index (χ0v) is 7.25. The van der Waals surface area contributed by atoms with Crippen LogP contribution in [-0.4, -0.2) is 25.4 Å². The van der Waals surface area contributed by atoms with Crippen LogP contribution >= 0.6 is 15.9 Å². The van der Waals surface area contributed by atoms with Crippen LogP contribution in [0.15, 0.2) is 4.60 Å². The van der Waals surface area contributed by atoms with Crippen molar-refractivity contribution in [3.05, 3.63) is 10.4 Å². The molecule has 0 aromatic carbocycles. The fourth-order valence-electron chi connectivity index (χ4n) is 0.781. The number of aromatic nitrogens is 5. The summed E-state index contributed by atoms with van der Waals surface area (Å²) in [6, 6.07) is 0. The Morgan fingerprint density at radius 3 is 3.00 bits per heavy atom. The van der Waals surface area contributed by atoms with Crippen LogP contribution in [0.2, 0.25) is 0 Å². The normalized spacial score (nSPS) is 10.7. The van der Waals surface area contributed by atoms with Crippen molar-refractivity contribution in [1.82, 2.24) is 25.4 Å². The summed E-state index contributed by atoms with van der Waals surface area (Å²) in [5, 5.41) is 14.2. The molecule has 0 saturated carbocycles. The van der Waals surface area contributed by atoms with Crippen molar-refractivity contribution in [2.75, 3.05) is 0 Å². The van der Waals surface area contributed by atoms with Crippen molar-refractivity contribution in [1.29, 1.82) is 0 Å². The van der Waals surface area contributed by atoms with Crippen molar-refractivity contribution in [3.8, 4) is 0 Å². The molecular weight excluding hydrogens is 210 g/mol. The number of nitrogens with zero attached hydrogens (tertiary/aromatic N) is 4. The van der Waals surface area contributed by atoms with Gasteiger partial charge in [0.1, 0.15) is 11.3 Å². The van der Waals surface area contributed by atoms with Crippen molar-refractivity contribution in [2.24, 2.45) is 0 Å². The lowest BCUT2D eigenvalue weighted by Crippen LogP contribution is -1.90. The van der Waals surface area contributed by atoms with Crippen LogP contribution in [0.5, 0.6) is 0 Å².